The molecule has 2 aromatic carbocycles. The SMILES string of the molecule is CCOC(=O)C[C@@H](NC(=O)c1cccc2nc(C)oc12)c1ccc(OC)cc1. The molecule has 1 amide bonds. The van der Waals surface area contributed by atoms with Crippen LogP contribution < -0.4 is 10.1 Å². The van der Waals surface area contributed by atoms with Crippen molar-refractivity contribution in [3.05, 3.63) is 59.5 Å². The van der Waals surface area contributed by atoms with Crippen LogP contribution in [0.3, 0.4) is 0 Å². The van der Waals surface area contributed by atoms with Gasteiger partial charge in [-0.25, -0.2) is 4.98 Å². The van der Waals surface area contributed by atoms with Gasteiger partial charge in [-0.05, 0) is 36.8 Å². The van der Waals surface area contributed by atoms with E-state index in [0.717, 1.165) is 5.56 Å². The molecule has 0 aliphatic rings. The Balaban J connectivity index is 1.88. The van der Waals surface area contributed by atoms with Crippen molar-refractivity contribution in [2.24, 2.45) is 0 Å². The second-order valence-corrected chi connectivity index (χ2v) is 6.20. The van der Waals surface area contributed by atoms with Crippen molar-refractivity contribution in [3.63, 3.8) is 0 Å². The summed E-state index contributed by atoms with van der Waals surface area (Å²) in [7, 11) is 1.58. The summed E-state index contributed by atoms with van der Waals surface area (Å²) in [5.74, 6) is 0.421. The molecule has 0 fully saturated rings. The summed E-state index contributed by atoms with van der Waals surface area (Å²) in [5, 5.41) is 2.91. The lowest BCUT2D eigenvalue weighted by Crippen LogP contribution is -2.30. The number of para-hydroxylation sites is 1. The fourth-order valence-corrected chi connectivity index (χ4v) is 2.95. The molecule has 1 N–H and O–H groups in total. The molecule has 3 aromatic rings. The van der Waals surface area contributed by atoms with E-state index < -0.39 is 12.0 Å². The fourth-order valence-electron chi connectivity index (χ4n) is 2.95. The highest BCUT2D eigenvalue weighted by molar-refractivity contribution is 6.04. The molecule has 0 bridgehead atoms. The monoisotopic (exact) mass is 382 g/mol. The summed E-state index contributed by atoms with van der Waals surface area (Å²) in [4.78, 5) is 29.2. The first-order valence-electron chi connectivity index (χ1n) is 8.98. The van der Waals surface area contributed by atoms with E-state index in [9.17, 15) is 9.59 Å². The number of nitrogens with one attached hydrogen (secondary N) is 1. The van der Waals surface area contributed by atoms with Gasteiger partial charge in [-0.1, -0.05) is 18.2 Å². The number of methoxy groups -OCH3 is 1. The molecular weight excluding hydrogens is 360 g/mol. The smallest absolute Gasteiger partial charge is 0.308 e. The number of carbonyl (C=O) groups is 2. The quantitative estimate of drug-likeness (QED) is 0.628. The van der Waals surface area contributed by atoms with Gasteiger partial charge in [0.2, 0.25) is 0 Å². The molecule has 0 radical (unpaired) electrons. The molecule has 3 rings (SSSR count). The number of oxazole rings is 1. The van der Waals surface area contributed by atoms with E-state index in [-0.39, 0.29) is 18.9 Å². The Morgan fingerprint density at radius 2 is 1.93 bits per heavy atom. The number of esters is 1. The zero-order valence-electron chi connectivity index (χ0n) is 16.0. The van der Waals surface area contributed by atoms with Gasteiger partial charge in [0.25, 0.3) is 5.91 Å². The predicted molar refractivity (Wildman–Crippen MR) is 103 cm³/mol. The maximum Gasteiger partial charge on any atom is 0.308 e. The van der Waals surface area contributed by atoms with Gasteiger partial charge < -0.3 is 19.2 Å². The summed E-state index contributed by atoms with van der Waals surface area (Å²) >= 11 is 0. The van der Waals surface area contributed by atoms with Gasteiger partial charge in [0.1, 0.15) is 11.3 Å². The standard InChI is InChI=1S/C21H22N2O5/c1-4-27-19(24)12-18(14-8-10-15(26-3)11-9-14)23-21(25)16-6-5-7-17-20(16)28-13(2)22-17/h5-11,18H,4,12H2,1-3H3,(H,23,25)/t18-/m1/s1. The Bertz CT molecular complexity index is 978. The molecule has 0 aliphatic carbocycles. The number of amides is 1. The third-order valence-electron chi connectivity index (χ3n) is 4.27. The van der Waals surface area contributed by atoms with E-state index in [1.54, 1.807) is 51.3 Å². The molecule has 7 nitrogen and oxygen atoms in total. The predicted octanol–water partition coefficient (Wildman–Crippen LogP) is 3.57. The molecule has 146 valence electrons. The highest BCUT2D eigenvalue weighted by Crippen LogP contribution is 2.24. The van der Waals surface area contributed by atoms with Gasteiger partial charge in [-0.15, -0.1) is 0 Å². The number of hydrogen-bond acceptors (Lipinski definition) is 6. The summed E-state index contributed by atoms with van der Waals surface area (Å²) in [6.45, 7) is 3.74. The Kier molecular flexibility index (Phi) is 5.93. The molecule has 0 unspecified atom stereocenters. The first kappa shape index (κ1) is 19.4. The molecule has 0 saturated carbocycles. The Hall–Kier alpha value is -3.35. The fraction of sp³-hybridized carbons (Fsp3) is 0.286. The molecular formula is C21H22N2O5. The van der Waals surface area contributed by atoms with Crippen LogP contribution in [0.2, 0.25) is 0 Å². The minimum absolute atomic E-state index is 0.0112. The Labute approximate surface area is 162 Å². The normalized spacial score (nSPS) is 11.8. The largest absolute Gasteiger partial charge is 0.497 e. The van der Waals surface area contributed by atoms with Gasteiger partial charge in [0.15, 0.2) is 11.5 Å². The van der Waals surface area contributed by atoms with Crippen LogP contribution >= 0.6 is 0 Å². The first-order chi connectivity index (χ1) is 13.5. The number of ether oxygens (including phenoxy) is 2. The number of benzene rings is 2. The van der Waals surface area contributed by atoms with Crippen LogP contribution in [-0.2, 0) is 9.53 Å². The average Bonchev–Trinajstić information content (AvgIpc) is 3.07. The van der Waals surface area contributed by atoms with Crippen LogP contribution in [0.5, 0.6) is 5.75 Å². The van der Waals surface area contributed by atoms with Crippen molar-refractivity contribution in [2.75, 3.05) is 13.7 Å². The number of hydrogen-bond donors (Lipinski definition) is 1. The van der Waals surface area contributed by atoms with Crippen molar-refractivity contribution in [2.45, 2.75) is 26.3 Å². The lowest BCUT2D eigenvalue weighted by Gasteiger charge is -2.19. The molecule has 28 heavy (non-hydrogen) atoms. The van der Waals surface area contributed by atoms with Crippen molar-refractivity contribution >= 4 is 23.0 Å². The number of nitrogens with zero attached hydrogens (tertiary/aromatic N) is 1. The molecule has 1 aromatic heterocycles. The van der Waals surface area contributed by atoms with Gasteiger partial charge in [-0.3, -0.25) is 9.59 Å². The van der Waals surface area contributed by atoms with E-state index >= 15 is 0 Å². The molecule has 0 spiro atoms. The van der Waals surface area contributed by atoms with Crippen molar-refractivity contribution in [3.8, 4) is 5.75 Å². The van der Waals surface area contributed by atoms with Gasteiger partial charge in [0.05, 0.1) is 31.7 Å². The summed E-state index contributed by atoms with van der Waals surface area (Å²) < 4.78 is 15.8. The summed E-state index contributed by atoms with van der Waals surface area (Å²) in [6.07, 6.45) is 0.0112. The Morgan fingerprint density at radius 3 is 2.61 bits per heavy atom. The van der Waals surface area contributed by atoms with E-state index in [4.69, 9.17) is 13.9 Å². The van der Waals surface area contributed by atoms with Crippen molar-refractivity contribution in [1.29, 1.82) is 0 Å². The van der Waals surface area contributed by atoms with Gasteiger partial charge in [-0.2, -0.15) is 0 Å². The summed E-state index contributed by atoms with van der Waals surface area (Å²) in [6, 6.07) is 11.8. The van der Waals surface area contributed by atoms with E-state index in [2.05, 4.69) is 10.3 Å². The first-order valence-corrected chi connectivity index (χ1v) is 8.98. The minimum atomic E-state index is -0.559. The number of aryl methyl sites for hydroxylation is 1. The topological polar surface area (TPSA) is 90.7 Å². The maximum atomic E-state index is 12.9. The molecule has 1 atom stereocenters. The van der Waals surface area contributed by atoms with Crippen molar-refractivity contribution in [1.82, 2.24) is 10.3 Å². The van der Waals surface area contributed by atoms with Crippen LogP contribution in [-0.4, -0.2) is 30.6 Å². The number of rotatable bonds is 7. The van der Waals surface area contributed by atoms with Gasteiger partial charge in [0, 0.05) is 6.92 Å². The lowest BCUT2D eigenvalue weighted by molar-refractivity contribution is -0.143. The molecule has 0 aliphatic heterocycles. The number of aromatic nitrogens is 1. The van der Waals surface area contributed by atoms with Crippen LogP contribution in [0.25, 0.3) is 11.1 Å². The second kappa shape index (κ2) is 8.56. The lowest BCUT2D eigenvalue weighted by atomic mass is 10.0. The third kappa shape index (κ3) is 4.31. The molecule has 1 heterocycles. The Morgan fingerprint density at radius 1 is 1.18 bits per heavy atom. The van der Waals surface area contributed by atoms with Crippen molar-refractivity contribution < 1.29 is 23.5 Å². The second-order valence-electron chi connectivity index (χ2n) is 6.20. The zero-order chi connectivity index (χ0) is 20.1. The highest BCUT2D eigenvalue weighted by atomic mass is 16.5. The maximum absolute atomic E-state index is 12.9. The third-order valence-corrected chi connectivity index (χ3v) is 4.27. The van der Waals surface area contributed by atoms with Crippen LogP contribution in [0.1, 0.15) is 41.2 Å². The van der Waals surface area contributed by atoms with E-state index in [1.165, 1.54) is 0 Å². The molecule has 0 saturated heterocycles. The molecule has 7 heteroatoms. The number of carbonyl (C=O) groups excluding carboxylic acids is 2. The summed E-state index contributed by atoms with van der Waals surface area (Å²) in [5.41, 5.74) is 2.15. The number of fused-ring (bicyclic) bond motifs is 1. The van der Waals surface area contributed by atoms with E-state index in [0.29, 0.717) is 28.3 Å². The van der Waals surface area contributed by atoms with Crippen LogP contribution in [0.4, 0.5) is 0 Å². The van der Waals surface area contributed by atoms with E-state index in [1.807, 2.05) is 12.1 Å². The van der Waals surface area contributed by atoms with Crippen LogP contribution in [0.15, 0.2) is 46.9 Å². The average molecular weight is 382 g/mol. The zero-order valence-corrected chi connectivity index (χ0v) is 16.0. The van der Waals surface area contributed by atoms with Crippen LogP contribution in [0, 0.1) is 6.92 Å². The minimum Gasteiger partial charge on any atom is -0.497 e. The highest BCUT2D eigenvalue weighted by Gasteiger charge is 2.22. The van der Waals surface area contributed by atoms with Gasteiger partial charge >= 0.3 is 5.97 Å².